The smallest absolute Gasteiger partial charge is 0.336 e. The van der Waals surface area contributed by atoms with E-state index in [-0.39, 0.29) is 12.4 Å². The van der Waals surface area contributed by atoms with E-state index in [2.05, 4.69) is 15.9 Å². The SMILES string of the molecule is CSC(=S)N(C)OC(=O)Cc1ccc(Br)cc1. The van der Waals surface area contributed by atoms with Gasteiger partial charge < -0.3 is 4.84 Å². The molecular weight excluding hydrogens is 322 g/mol. The zero-order chi connectivity index (χ0) is 12.8. The van der Waals surface area contributed by atoms with Gasteiger partial charge in [0.15, 0.2) is 4.32 Å². The number of thiocarbonyl (C=S) groups is 1. The Labute approximate surface area is 119 Å². The number of halogens is 1. The molecule has 0 saturated carbocycles. The van der Waals surface area contributed by atoms with E-state index >= 15 is 0 Å². The molecular formula is C11H12BrNO2S2. The number of nitrogens with zero attached hydrogens (tertiary/aromatic N) is 1. The first-order valence-electron chi connectivity index (χ1n) is 4.80. The first-order chi connectivity index (χ1) is 8.02. The molecule has 0 saturated heterocycles. The highest BCUT2D eigenvalue weighted by Gasteiger charge is 2.10. The van der Waals surface area contributed by atoms with Gasteiger partial charge in [0.1, 0.15) is 0 Å². The summed E-state index contributed by atoms with van der Waals surface area (Å²) in [7, 11) is 1.62. The third kappa shape index (κ3) is 5.06. The lowest BCUT2D eigenvalue weighted by molar-refractivity contribution is -0.167. The maximum absolute atomic E-state index is 11.6. The van der Waals surface area contributed by atoms with Gasteiger partial charge in [0.25, 0.3) is 0 Å². The molecule has 0 amide bonds. The van der Waals surface area contributed by atoms with Crippen molar-refractivity contribution in [3.63, 3.8) is 0 Å². The second-order valence-electron chi connectivity index (χ2n) is 3.23. The number of carbonyl (C=O) groups excluding carboxylic acids is 1. The highest BCUT2D eigenvalue weighted by Crippen LogP contribution is 2.12. The van der Waals surface area contributed by atoms with Crippen LogP contribution in [-0.4, -0.2) is 28.7 Å². The van der Waals surface area contributed by atoms with Crippen molar-refractivity contribution >= 4 is 50.2 Å². The fourth-order valence-corrected chi connectivity index (χ4v) is 1.72. The van der Waals surface area contributed by atoms with Crippen LogP contribution in [0, 0.1) is 0 Å². The quantitative estimate of drug-likeness (QED) is 0.613. The summed E-state index contributed by atoms with van der Waals surface area (Å²) in [6.07, 6.45) is 2.07. The summed E-state index contributed by atoms with van der Waals surface area (Å²) in [5.74, 6) is -0.328. The summed E-state index contributed by atoms with van der Waals surface area (Å²) >= 11 is 9.68. The van der Waals surface area contributed by atoms with Gasteiger partial charge in [-0.2, -0.15) is 5.06 Å². The zero-order valence-corrected chi connectivity index (χ0v) is 12.7. The molecule has 0 fully saturated rings. The molecule has 1 aromatic rings. The Bertz CT molecular complexity index is 408. The number of thioether (sulfide) groups is 1. The minimum Gasteiger partial charge on any atom is -0.339 e. The molecule has 0 aliphatic rings. The van der Waals surface area contributed by atoms with Crippen molar-refractivity contribution in [2.75, 3.05) is 13.3 Å². The summed E-state index contributed by atoms with van der Waals surface area (Å²) in [6, 6.07) is 7.52. The van der Waals surface area contributed by atoms with Crippen LogP contribution in [-0.2, 0) is 16.1 Å². The van der Waals surface area contributed by atoms with Crippen LogP contribution in [0.4, 0.5) is 0 Å². The van der Waals surface area contributed by atoms with Crippen molar-refractivity contribution in [1.82, 2.24) is 5.06 Å². The largest absolute Gasteiger partial charge is 0.339 e. The van der Waals surface area contributed by atoms with Gasteiger partial charge >= 0.3 is 5.97 Å². The van der Waals surface area contributed by atoms with Crippen LogP contribution in [0.15, 0.2) is 28.7 Å². The molecule has 0 aliphatic heterocycles. The third-order valence-electron chi connectivity index (χ3n) is 1.93. The minimum absolute atomic E-state index is 0.231. The molecule has 6 heteroatoms. The molecule has 0 N–H and O–H groups in total. The van der Waals surface area contributed by atoms with E-state index in [9.17, 15) is 4.79 Å². The summed E-state index contributed by atoms with van der Waals surface area (Å²) in [4.78, 5) is 16.6. The Morgan fingerprint density at radius 2 is 2.06 bits per heavy atom. The third-order valence-corrected chi connectivity index (χ3v) is 3.82. The predicted molar refractivity (Wildman–Crippen MR) is 77.8 cm³/mol. The van der Waals surface area contributed by atoms with Crippen LogP contribution in [0.25, 0.3) is 0 Å². The zero-order valence-electron chi connectivity index (χ0n) is 9.47. The molecule has 1 aromatic carbocycles. The van der Waals surface area contributed by atoms with Gasteiger partial charge in [0.2, 0.25) is 0 Å². The fourth-order valence-electron chi connectivity index (χ4n) is 1.12. The fraction of sp³-hybridized carbons (Fsp3) is 0.273. The number of hydroxylamine groups is 2. The first kappa shape index (κ1) is 14.5. The summed E-state index contributed by atoms with van der Waals surface area (Å²) in [5.41, 5.74) is 0.904. The predicted octanol–water partition coefficient (Wildman–Crippen LogP) is 3.03. The summed E-state index contributed by atoms with van der Waals surface area (Å²) in [5, 5.41) is 1.31. The van der Waals surface area contributed by atoms with Crippen LogP contribution >= 0.6 is 39.9 Å². The van der Waals surface area contributed by atoms with Crippen molar-refractivity contribution in [1.29, 1.82) is 0 Å². The van der Waals surface area contributed by atoms with E-state index in [1.807, 2.05) is 30.5 Å². The normalized spacial score (nSPS) is 9.82. The van der Waals surface area contributed by atoms with E-state index in [0.717, 1.165) is 10.0 Å². The maximum Gasteiger partial charge on any atom is 0.336 e. The van der Waals surface area contributed by atoms with Crippen molar-refractivity contribution < 1.29 is 9.63 Å². The van der Waals surface area contributed by atoms with Gasteiger partial charge in [-0.05, 0) is 36.2 Å². The molecule has 92 valence electrons. The molecule has 0 atom stereocenters. The lowest BCUT2D eigenvalue weighted by Crippen LogP contribution is -2.27. The van der Waals surface area contributed by atoms with Gasteiger partial charge in [-0.3, -0.25) is 0 Å². The lowest BCUT2D eigenvalue weighted by atomic mass is 10.2. The van der Waals surface area contributed by atoms with Crippen LogP contribution in [0.2, 0.25) is 0 Å². The van der Waals surface area contributed by atoms with E-state index in [0.29, 0.717) is 4.32 Å². The van der Waals surface area contributed by atoms with E-state index < -0.39 is 0 Å². The summed E-state index contributed by atoms with van der Waals surface area (Å²) in [6.45, 7) is 0. The highest BCUT2D eigenvalue weighted by molar-refractivity contribution is 9.10. The van der Waals surface area contributed by atoms with Crippen molar-refractivity contribution in [2.24, 2.45) is 0 Å². The molecule has 0 spiro atoms. The second-order valence-corrected chi connectivity index (χ2v) is 5.59. The average Bonchev–Trinajstić information content (AvgIpc) is 2.30. The van der Waals surface area contributed by atoms with Crippen LogP contribution in [0.5, 0.6) is 0 Å². The van der Waals surface area contributed by atoms with Gasteiger partial charge in [-0.1, -0.05) is 39.8 Å². The lowest BCUT2D eigenvalue weighted by Gasteiger charge is -2.16. The number of rotatable bonds is 2. The second kappa shape index (κ2) is 6.98. The van der Waals surface area contributed by atoms with Crippen molar-refractivity contribution in [3.05, 3.63) is 34.3 Å². The molecule has 0 unspecified atom stereocenters. The molecule has 0 aliphatic carbocycles. The monoisotopic (exact) mass is 333 g/mol. The molecule has 0 aromatic heterocycles. The average molecular weight is 334 g/mol. The number of hydrogen-bond donors (Lipinski definition) is 0. The maximum atomic E-state index is 11.6. The van der Waals surface area contributed by atoms with Gasteiger partial charge in [0.05, 0.1) is 6.42 Å². The topological polar surface area (TPSA) is 29.5 Å². The number of benzene rings is 1. The van der Waals surface area contributed by atoms with Gasteiger partial charge in [-0.15, -0.1) is 0 Å². The Hall–Kier alpha value is -0.590. The summed E-state index contributed by atoms with van der Waals surface area (Å²) < 4.78 is 1.50. The minimum atomic E-state index is -0.328. The Kier molecular flexibility index (Phi) is 5.94. The van der Waals surface area contributed by atoms with Crippen molar-refractivity contribution in [3.8, 4) is 0 Å². The van der Waals surface area contributed by atoms with Gasteiger partial charge in [0, 0.05) is 11.5 Å². The molecule has 0 bridgehead atoms. The van der Waals surface area contributed by atoms with Crippen LogP contribution in [0.3, 0.4) is 0 Å². The van der Waals surface area contributed by atoms with Crippen LogP contribution in [0.1, 0.15) is 5.56 Å². The molecule has 0 radical (unpaired) electrons. The van der Waals surface area contributed by atoms with E-state index in [4.69, 9.17) is 17.1 Å². The molecule has 0 heterocycles. The standard InChI is InChI=1S/C11H12BrNO2S2/c1-13(11(16)17-2)15-10(14)7-8-3-5-9(12)6-4-8/h3-6H,7H2,1-2H3. The Morgan fingerprint density at radius 3 is 2.59 bits per heavy atom. The van der Waals surface area contributed by atoms with E-state index in [1.54, 1.807) is 7.05 Å². The number of carbonyl (C=O) groups is 1. The van der Waals surface area contributed by atoms with Crippen LogP contribution < -0.4 is 0 Å². The van der Waals surface area contributed by atoms with Gasteiger partial charge in [-0.25, -0.2) is 4.79 Å². The molecule has 1 rings (SSSR count). The first-order valence-corrected chi connectivity index (χ1v) is 7.22. The Balaban J connectivity index is 2.50. The van der Waals surface area contributed by atoms with E-state index in [1.165, 1.54) is 16.8 Å². The number of hydrogen-bond acceptors (Lipinski definition) is 4. The van der Waals surface area contributed by atoms with Crippen molar-refractivity contribution in [2.45, 2.75) is 6.42 Å². The molecule has 3 nitrogen and oxygen atoms in total. The highest BCUT2D eigenvalue weighted by atomic mass is 79.9. The molecule has 17 heavy (non-hydrogen) atoms. The Morgan fingerprint density at radius 1 is 1.47 bits per heavy atom.